The normalized spacial score (nSPS) is 10.6. The van der Waals surface area contributed by atoms with Crippen molar-refractivity contribution < 1.29 is 0 Å². The highest BCUT2D eigenvalue weighted by molar-refractivity contribution is 5.35. The van der Waals surface area contributed by atoms with Gasteiger partial charge < -0.3 is 4.57 Å². The number of nitrogens with zero attached hydrogens (tertiary/aromatic N) is 1. The molecule has 0 radical (unpaired) electrons. The van der Waals surface area contributed by atoms with Crippen LogP contribution in [0.2, 0.25) is 0 Å². The van der Waals surface area contributed by atoms with Crippen LogP contribution in [0, 0.1) is 0 Å². The lowest BCUT2D eigenvalue weighted by atomic mass is 10.1. The van der Waals surface area contributed by atoms with Crippen molar-refractivity contribution in [2.24, 2.45) is 0 Å². The van der Waals surface area contributed by atoms with Gasteiger partial charge >= 0.3 is 0 Å². The molecular formula is C16H21N. The number of aryl methyl sites for hydroxylation is 1. The molecule has 0 amide bonds. The summed E-state index contributed by atoms with van der Waals surface area (Å²) >= 11 is 0. The molecule has 0 saturated carbocycles. The molecule has 0 atom stereocenters. The van der Waals surface area contributed by atoms with E-state index in [9.17, 15) is 0 Å². The number of rotatable bonds is 6. The monoisotopic (exact) mass is 227 g/mol. The summed E-state index contributed by atoms with van der Waals surface area (Å²) in [6.45, 7) is 2.26. The highest BCUT2D eigenvalue weighted by Gasteiger charge is 1.96. The summed E-state index contributed by atoms with van der Waals surface area (Å²) in [6, 6.07) is 13.0. The molecule has 2 rings (SSSR count). The van der Waals surface area contributed by atoms with Crippen molar-refractivity contribution in [1.29, 1.82) is 0 Å². The molecule has 0 aliphatic rings. The third kappa shape index (κ3) is 3.48. The molecule has 0 aliphatic carbocycles. The van der Waals surface area contributed by atoms with E-state index in [0.29, 0.717) is 0 Å². The van der Waals surface area contributed by atoms with Crippen molar-refractivity contribution in [3.8, 4) is 5.69 Å². The van der Waals surface area contributed by atoms with Crippen molar-refractivity contribution in [3.05, 3.63) is 54.4 Å². The number of unbranched alkanes of at least 4 members (excludes halogenated alkanes) is 3. The van der Waals surface area contributed by atoms with Crippen LogP contribution in [0.25, 0.3) is 5.69 Å². The van der Waals surface area contributed by atoms with E-state index in [1.807, 2.05) is 0 Å². The quantitative estimate of drug-likeness (QED) is 0.636. The highest BCUT2D eigenvalue weighted by Crippen LogP contribution is 2.12. The van der Waals surface area contributed by atoms with Gasteiger partial charge in [-0.05, 0) is 42.7 Å². The fourth-order valence-corrected chi connectivity index (χ4v) is 2.10. The zero-order valence-corrected chi connectivity index (χ0v) is 10.6. The van der Waals surface area contributed by atoms with Crippen molar-refractivity contribution >= 4 is 0 Å². The Balaban J connectivity index is 1.90. The molecule has 90 valence electrons. The van der Waals surface area contributed by atoms with Crippen LogP contribution < -0.4 is 0 Å². The van der Waals surface area contributed by atoms with Gasteiger partial charge in [0.1, 0.15) is 0 Å². The molecule has 0 saturated heterocycles. The van der Waals surface area contributed by atoms with Gasteiger partial charge in [-0.15, -0.1) is 0 Å². The summed E-state index contributed by atoms with van der Waals surface area (Å²) in [4.78, 5) is 0. The number of hydrogen-bond acceptors (Lipinski definition) is 0. The fraction of sp³-hybridized carbons (Fsp3) is 0.375. The molecule has 1 heterocycles. The first-order valence-electron chi connectivity index (χ1n) is 6.62. The van der Waals surface area contributed by atoms with Crippen LogP contribution in [-0.4, -0.2) is 4.57 Å². The molecule has 0 spiro atoms. The van der Waals surface area contributed by atoms with Gasteiger partial charge in [-0.1, -0.05) is 38.3 Å². The minimum absolute atomic E-state index is 1.21. The Morgan fingerprint density at radius 2 is 1.59 bits per heavy atom. The maximum absolute atomic E-state index is 2.26. The molecular weight excluding hydrogens is 206 g/mol. The molecule has 0 bridgehead atoms. The Morgan fingerprint density at radius 1 is 0.882 bits per heavy atom. The van der Waals surface area contributed by atoms with E-state index in [2.05, 4.69) is 60.3 Å². The second-order valence-electron chi connectivity index (χ2n) is 4.57. The first kappa shape index (κ1) is 12.0. The summed E-state index contributed by atoms with van der Waals surface area (Å²) in [6.07, 6.45) is 10.7. The Kier molecular flexibility index (Phi) is 4.43. The zero-order valence-electron chi connectivity index (χ0n) is 10.6. The molecule has 17 heavy (non-hydrogen) atoms. The van der Waals surface area contributed by atoms with Crippen LogP contribution >= 0.6 is 0 Å². The van der Waals surface area contributed by atoms with E-state index >= 15 is 0 Å². The van der Waals surface area contributed by atoms with Crippen molar-refractivity contribution in [2.45, 2.75) is 39.0 Å². The molecule has 1 heteroatoms. The topological polar surface area (TPSA) is 4.93 Å². The first-order chi connectivity index (χ1) is 8.40. The third-order valence-corrected chi connectivity index (χ3v) is 3.16. The number of benzene rings is 1. The van der Waals surface area contributed by atoms with Gasteiger partial charge in [-0.2, -0.15) is 0 Å². The second kappa shape index (κ2) is 6.29. The molecule has 2 aromatic rings. The average molecular weight is 227 g/mol. The Labute approximate surface area is 104 Å². The lowest BCUT2D eigenvalue weighted by Crippen LogP contribution is -1.91. The summed E-state index contributed by atoms with van der Waals surface area (Å²) in [5, 5.41) is 0. The van der Waals surface area contributed by atoms with Gasteiger partial charge in [0.2, 0.25) is 0 Å². The van der Waals surface area contributed by atoms with Gasteiger partial charge in [0, 0.05) is 18.1 Å². The van der Waals surface area contributed by atoms with Gasteiger partial charge in [0.15, 0.2) is 0 Å². The standard InChI is InChI=1S/C16H21N/c1-2-3-4-5-8-15-9-11-16(12-10-15)17-13-6-7-14-17/h6-7,9-14H,2-5,8H2,1H3. The van der Waals surface area contributed by atoms with Crippen molar-refractivity contribution in [1.82, 2.24) is 4.57 Å². The van der Waals surface area contributed by atoms with Crippen LogP contribution in [0.1, 0.15) is 38.2 Å². The van der Waals surface area contributed by atoms with Crippen molar-refractivity contribution in [3.63, 3.8) is 0 Å². The smallest absolute Gasteiger partial charge is 0.0449 e. The van der Waals surface area contributed by atoms with Gasteiger partial charge in [0.05, 0.1) is 0 Å². The lowest BCUT2D eigenvalue weighted by molar-refractivity contribution is 0.667. The fourth-order valence-electron chi connectivity index (χ4n) is 2.10. The van der Waals surface area contributed by atoms with E-state index in [4.69, 9.17) is 0 Å². The van der Waals surface area contributed by atoms with Gasteiger partial charge in [-0.25, -0.2) is 0 Å². The molecule has 1 aromatic carbocycles. The molecule has 0 aliphatic heterocycles. The second-order valence-corrected chi connectivity index (χ2v) is 4.57. The number of aromatic nitrogens is 1. The van der Waals surface area contributed by atoms with Crippen LogP contribution in [0.3, 0.4) is 0 Å². The van der Waals surface area contributed by atoms with E-state index in [0.717, 1.165) is 0 Å². The Morgan fingerprint density at radius 3 is 2.24 bits per heavy atom. The summed E-state index contributed by atoms with van der Waals surface area (Å²) in [7, 11) is 0. The molecule has 0 N–H and O–H groups in total. The lowest BCUT2D eigenvalue weighted by Gasteiger charge is -2.05. The van der Waals surface area contributed by atoms with E-state index in [1.54, 1.807) is 0 Å². The average Bonchev–Trinajstić information content (AvgIpc) is 2.89. The highest BCUT2D eigenvalue weighted by atomic mass is 14.9. The van der Waals surface area contributed by atoms with E-state index in [-0.39, 0.29) is 0 Å². The summed E-state index contributed by atoms with van der Waals surface area (Å²) in [5.41, 5.74) is 2.70. The van der Waals surface area contributed by atoms with Crippen LogP contribution in [0.15, 0.2) is 48.8 Å². The van der Waals surface area contributed by atoms with Gasteiger partial charge in [0.25, 0.3) is 0 Å². The molecule has 1 aromatic heterocycles. The maximum Gasteiger partial charge on any atom is 0.0449 e. The predicted molar refractivity (Wildman–Crippen MR) is 73.6 cm³/mol. The summed E-state index contributed by atoms with van der Waals surface area (Å²) in [5.74, 6) is 0. The Bertz CT molecular complexity index is 411. The first-order valence-corrected chi connectivity index (χ1v) is 6.62. The molecule has 1 nitrogen and oxygen atoms in total. The molecule has 0 unspecified atom stereocenters. The zero-order chi connectivity index (χ0) is 11.9. The third-order valence-electron chi connectivity index (χ3n) is 3.16. The Hall–Kier alpha value is -1.50. The van der Waals surface area contributed by atoms with Gasteiger partial charge in [-0.3, -0.25) is 0 Å². The largest absolute Gasteiger partial charge is 0.324 e. The molecule has 0 fully saturated rings. The predicted octanol–water partition coefficient (Wildman–Crippen LogP) is 4.60. The van der Waals surface area contributed by atoms with E-state index < -0.39 is 0 Å². The summed E-state index contributed by atoms with van der Waals surface area (Å²) < 4.78 is 2.14. The minimum atomic E-state index is 1.21. The minimum Gasteiger partial charge on any atom is -0.324 e. The van der Waals surface area contributed by atoms with Crippen LogP contribution in [-0.2, 0) is 6.42 Å². The SMILES string of the molecule is CCCCCCc1ccc(-n2cccc2)cc1. The van der Waals surface area contributed by atoms with Crippen molar-refractivity contribution in [2.75, 3.05) is 0 Å². The van der Waals surface area contributed by atoms with Crippen LogP contribution in [0.4, 0.5) is 0 Å². The number of hydrogen-bond donors (Lipinski definition) is 0. The van der Waals surface area contributed by atoms with E-state index in [1.165, 1.54) is 43.4 Å². The maximum atomic E-state index is 2.26. The van der Waals surface area contributed by atoms with Crippen LogP contribution in [0.5, 0.6) is 0 Å².